The monoisotopic (exact) mass is 293 g/mol. The summed E-state index contributed by atoms with van der Waals surface area (Å²) in [6, 6.07) is 0. The number of hydrogen-bond acceptors (Lipinski definition) is 7. The maximum absolute atomic E-state index is 11.7. The SMILES string of the molecule is CCNc1nc(N)c(C(=O)NCCS(N)(=O)=O)s1. The lowest BCUT2D eigenvalue weighted by molar-refractivity contribution is 0.0961. The maximum atomic E-state index is 11.7. The fourth-order valence-corrected chi connectivity index (χ4v) is 2.36. The minimum absolute atomic E-state index is 0.0639. The second kappa shape index (κ2) is 5.98. The molecular weight excluding hydrogens is 278 g/mol. The van der Waals surface area contributed by atoms with Crippen LogP contribution in [0.3, 0.4) is 0 Å². The van der Waals surface area contributed by atoms with E-state index in [1.165, 1.54) is 0 Å². The van der Waals surface area contributed by atoms with Crippen LogP contribution in [0.15, 0.2) is 0 Å². The van der Waals surface area contributed by atoms with Gasteiger partial charge >= 0.3 is 0 Å². The molecule has 1 amide bonds. The van der Waals surface area contributed by atoms with Crippen LogP contribution in [0.1, 0.15) is 16.6 Å². The average Bonchev–Trinajstić information content (AvgIpc) is 2.58. The van der Waals surface area contributed by atoms with E-state index in [0.29, 0.717) is 11.7 Å². The van der Waals surface area contributed by atoms with Gasteiger partial charge < -0.3 is 16.4 Å². The number of thiazole rings is 1. The maximum Gasteiger partial charge on any atom is 0.265 e. The molecule has 0 fully saturated rings. The number of sulfonamides is 1. The van der Waals surface area contributed by atoms with Crippen molar-refractivity contribution in [3.05, 3.63) is 4.88 Å². The highest BCUT2D eigenvalue weighted by Gasteiger charge is 2.16. The van der Waals surface area contributed by atoms with E-state index in [2.05, 4.69) is 15.6 Å². The van der Waals surface area contributed by atoms with E-state index in [0.717, 1.165) is 11.3 Å². The summed E-state index contributed by atoms with van der Waals surface area (Å²) < 4.78 is 21.4. The molecule has 0 saturated heterocycles. The lowest BCUT2D eigenvalue weighted by atomic mass is 10.4. The Morgan fingerprint density at radius 1 is 1.50 bits per heavy atom. The van der Waals surface area contributed by atoms with Crippen molar-refractivity contribution in [3.8, 4) is 0 Å². The van der Waals surface area contributed by atoms with Crippen molar-refractivity contribution in [2.75, 3.05) is 29.9 Å². The predicted octanol–water partition coefficient (Wildman–Crippen LogP) is -0.825. The van der Waals surface area contributed by atoms with Crippen LogP contribution in [0.5, 0.6) is 0 Å². The number of aromatic nitrogens is 1. The largest absolute Gasteiger partial charge is 0.382 e. The quantitative estimate of drug-likeness (QED) is 0.540. The molecule has 0 unspecified atom stereocenters. The van der Waals surface area contributed by atoms with E-state index in [1.807, 2.05) is 6.92 Å². The van der Waals surface area contributed by atoms with Crippen molar-refractivity contribution >= 4 is 38.2 Å². The highest BCUT2D eigenvalue weighted by molar-refractivity contribution is 7.89. The number of nitrogens with one attached hydrogen (secondary N) is 2. The normalized spacial score (nSPS) is 11.2. The van der Waals surface area contributed by atoms with Gasteiger partial charge in [0.1, 0.15) is 10.7 Å². The summed E-state index contributed by atoms with van der Waals surface area (Å²) in [5.41, 5.74) is 5.59. The number of carbonyl (C=O) groups excluding carboxylic acids is 1. The second-order valence-corrected chi connectivity index (χ2v) is 6.12. The standard InChI is InChI=1S/C8H15N5O3S2/c1-2-11-8-13-6(9)5(17-8)7(14)12-3-4-18(10,15)16/h2-4,9H2,1H3,(H,11,13)(H,12,14)(H2,10,15,16). The summed E-state index contributed by atoms with van der Waals surface area (Å²) in [5, 5.41) is 10.7. The molecule has 0 aliphatic heterocycles. The van der Waals surface area contributed by atoms with E-state index in [-0.39, 0.29) is 23.0 Å². The van der Waals surface area contributed by atoms with Gasteiger partial charge in [0.2, 0.25) is 10.0 Å². The van der Waals surface area contributed by atoms with Crippen LogP contribution in [0.4, 0.5) is 10.9 Å². The first-order valence-corrected chi connectivity index (χ1v) is 7.65. The molecule has 8 nitrogen and oxygen atoms in total. The highest BCUT2D eigenvalue weighted by Crippen LogP contribution is 2.24. The third-order valence-electron chi connectivity index (χ3n) is 1.86. The van der Waals surface area contributed by atoms with Gasteiger partial charge in [-0.15, -0.1) is 0 Å². The molecule has 6 N–H and O–H groups in total. The molecule has 0 saturated carbocycles. The molecule has 18 heavy (non-hydrogen) atoms. The molecule has 0 aliphatic rings. The van der Waals surface area contributed by atoms with Gasteiger partial charge in [-0.05, 0) is 6.92 Å². The summed E-state index contributed by atoms with van der Waals surface area (Å²) >= 11 is 1.11. The number of carbonyl (C=O) groups is 1. The van der Waals surface area contributed by atoms with Gasteiger partial charge in [0.05, 0.1) is 5.75 Å². The lowest BCUT2D eigenvalue weighted by Crippen LogP contribution is -2.31. The minimum Gasteiger partial charge on any atom is -0.382 e. The Labute approximate surface area is 109 Å². The number of amides is 1. The van der Waals surface area contributed by atoms with Crippen molar-refractivity contribution in [2.45, 2.75) is 6.92 Å². The lowest BCUT2D eigenvalue weighted by Gasteiger charge is -2.02. The Balaban J connectivity index is 2.61. The van der Waals surface area contributed by atoms with Crippen LogP contribution < -0.4 is 21.5 Å². The van der Waals surface area contributed by atoms with Crippen LogP contribution in [-0.2, 0) is 10.0 Å². The van der Waals surface area contributed by atoms with Gasteiger partial charge in [0, 0.05) is 13.1 Å². The van der Waals surface area contributed by atoms with Crippen LogP contribution in [0.25, 0.3) is 0 Å². The molecule has 10 heteroatoms. The first kappa shape index (κ1) is 14.7. The Bertz CT molecular complexity index is 525. The third-order valence-corrected chi connectivity index (χ3v) is 3.66. The molecule has 1 rings (SSSR count). The number of nitrogens with two attached hydrogens (primary N) is 2. The molecule has 0 atom stereocenters. The first-order valence-electron chi connectivity index (χ1n) is 5.12. The molecule has 1 heterocycles. The minimum atomic E-state index is -3.59. The van der Waals surface area contributed by atoms with Crippen molar-refractivity contribution < 1.29 is 13.2 Å². The molecule has 1 aromatic heterocycles. The van der Waals surface area contributed by atoms with Crippen molar-refractivity contribution in [3.63, 3.8) is 0 Å². The summed E-state index contributed by atoms with van der Waals surface area (Å²) in [7, 11) is -3.59. The van der Waals surface area contributed by atoms with Gasteiger partial charge in [0.15, 0.2) is 5.13 Å². The first-order chi connectivity index (χ1) is 8.33. The molecule has 0 bridgehead atoms. The molecule has 0 radical (unpaired) electrons. The fraction of sp³-hybridized carbons (Fsp3) is 0.500. The van der Waals surface area contributed by atoms with E-state index < -0.39 is 15.9 Å². The van der Waals surface area contributed by atoms with Crippen molar-refractivity contribution in [2.24, 2.45) is 5.14 Å². The van der Waals surface area contributed by atoms with E-state index in [4.69, 9.17) is 10.9 Å². The number of rotatable bonds is 6. The summed E-state index contributed by atoms with van der Waals surface area (Å²) in [6.07, 6.45) is 0. The summed E-state index contributed by atoms with van der Waals surface area (Å²) in [6.45, 7) is 2.49. The topological polar surface area (TPSA) is 140 Å². The zero-order valence-corrected chi connectivity index (χ0v) is 11.4. The van der Waals surface area contributed by atoms with Crippen molar-refractivity contribution in [1.29, 1.82) is 0 Å². The molecule has 0 aliphatic carbocycles. The van der Waals surface area contributed by atoms with Crippen LogP contribution in [0.2, 0.25) is 0 Å². The Kier molecular flexibility index (Phi) is 4.87. The Morgan fingerprint density at radius 3 is 2.72 bits per heavy atom. The number of hydrogen-bond donors (Lipinski definition) is 4. The summed E-state index contributed by atoms with van der Waals surface area (Å²) in [4.78, 5) is 15.9. The fourth-order valence-electron chi connectivity index (χ4n) is 1.11. The van der Waals surface area contributed by atoms with Gasteiger partial charge in [-0.1, -0.05) is 11.3 Å². The number of nitrogens with zero attached hydrogens (tertiary/aromatic N) is 1. The summed E-state index contributed by atoms with van der Waals surface area (Å²) in [5.74, 6) is -0.667. The number of anilines is 2. The zero-order chi connectivity index (χ0) is 13.8. The van der Waals surface area contributed by atoms with E-state index in [1.54, 1.807) is 0 Å². The Morgan fingerprint density at radius 2 is 2.17 bits per heavy atom. The molecular formula is C8H15N5O3S2. The van der Waals surface area contributed by atoms with Crippen LogP contribution in [0, 0.1) is 0 Å². The van der Waals surface area contributed by atoms with E-state index >= 15 is 0 Å². The smallest absolute Gasteiger partial charge is 0.265 e. The number of nitrogen functional groups attached to an aromatic ring is 1. The second-order valence-electron chi connectivity index (χ2n) is 3.39. The number of primary sulfonamides is 1. The van der Waals surface area contributed by atoms with Crippen LogP contribution in [-0.4, -0.2) is 38.2 Å². The molecule has 102 valence electrons. The van der Waals surface area contributed by atoms with E-state index in [9.17, 15) is 13.2 Å². The molecule has 0 aromatic carbocycles. The van der Waals surface area contributed by atoms with Crippen molar-refractivity contribution in [1.82, 2.24) is 10.3 Å². The third kappa shape index (κ3) is 4.47. The highest BCUT2D eigenvalue weighted by atomic mass is 32.2. The van der Waals surface area contributed by atoms with Gasteiger partial charge in [-0.25, -0.2) is 18.5 Å². The predicted molar refractivity (Wildman–Crippen MR) is 71.0 cm³/mol. The van der Waals surface area contributed by atoms with Gasteiger partial charge in [-0.3, -0.25) is 4.79 Å². The zero-order valence-electron chi connectivity index (χ0n) is 9.76. The van der Waals surface area contributed by atoms with Gasteiger partial charge in [-0.2, -0.15) is 0 Å². The van der Waals surface area contributed by atoms with Crippen LogP contribution >= 0.6 is 11.3 Å². The molecule has 0 spiro atoms. The molecule has 1 aromatic rings. The Hall–Kier alpha value is -1.39. The van der Waals surface area contributed by atoms with Gasteiger partial charge in [0.25, 0.3) is 5.91 Å². The average molecular weight is 293 g/mol.